The van der Waals surface area contributed by atoms with E-state index in [1.54, 1.807) is 26.8 Å². The van der Waals surface area contributed by atoms with Crippen LogP contribution in [0.1, 0.15) is 32.4 Å². The molecule has 18 heavy (non-hydrogen) atoms. The molecule has 0 spiro atoms. The molecule has 0 aliphatic carbocycles. The number of hydrogen-bond donors (Lipinski definition) is 1. The lowest BCUT2D eigenvalue weighted by molar-refractivity contribution is 0.0513. The van der Waals surface area contributed by atoms with Gasteiger partial charge < -0.3 is 10.1 Å². The van der Waals surface area contributed by atoms with Gasteiger partial charge in [0, 0.05) is 5.56 Å². The number of halogens is 2. The Hall–Kier alpha value is -1.29. The molecule has 1 amide bonds. The summed E-state index contributed by atoms with van der Waals surface area (Å²) in [6.07, 6.45) is -0.651. The Balaban J connectivity index is 2.74. The summed E-state index contributed by atoms with van der Waals surface area (Å²) in [5.74, 6) is -0.588. The van der Waals surface area contributed by atoms with Crippen LogP contribution in [0.3, 0.4) is 0 Å². The molecule has 5 heteroatoms. The highest BCUT2D eigenvalue weighted by Gasteiger charge is 2.20. The summed E-state index contributed by atoms with van der Waals surface area (Å²) in [7, 11) is 0. The van der Waals surface area contributed by atoms with Crippen molar-refractivity contribution >= 4 is 17.7 Å². The van der Waals surface area contributed by atoms with E-state index < -0.39 is 23.6 Å². The maximum Gasteiger partial charge on any atom is 0.408 e. The van der Waals surface area contributed by atoms with Gasteiger partial charge in [0.15, 0.2) is 0 Å². The zero-order valence-electron chi connectivity index (χ0n) is 10.6. The molecular formula is C13H16ClFNO2. The molecule has 0 aliphatic heterocycles. The van der Waals surface area contributed by atoms with Crippen molar-refractivity contribution in [3.05, 3.63) is 41.5 Å². The molecule has 0 saturated heterocycles. The lowest BCUT2D eigenvalue weighted by atomic mass is 10.1. The topological polar surface area (TPSA) is 38.3 Å². The highest BCUT2D eigenvalue weighted by Crippen LogP contribution is 2.23. The smallest absolute Gasteiger partial charge is 0.408 e. The van der Waals surface area contributed by atoms with Crippen LogP contribution in [0.4, 0.5) is 9.18 Å². The number of carbonyl (C=O) groups is 1. The number of nitrogens with one attached hydrogen (secondary N) is 1. The molecule has 99 valence electrons. The first-order valence-corrected chi connectivity index (χ1v) is 5.85. The van der Waals surface area contributed by atoms with Crippen molar-refractivity contribution in [2.24, 2.45) is 0 Å². The van der Waals surface area contributed by atoms with Crippen LogP contribution in [-0.2, 0) is 4.74 Å². The molecule has 1 aromatic rings. The van der Waals surface area contributed by atoms with Crippen LogP contribution in [0.2, 0.25) is 5.02 Å². The van der Waals surface area contributed by atoms with Crippen molar-refractivity contribution in [2.75, 3.05) is 0 Å². The molecule has 1 aromatic carbocycles. The zero-order chi connectivity index (χ0) is 13.9. The van der Waals surface area contributed by atoms with Gasteiger partial charge >= 0.3 is 6.09 Å². The quantitative estimate of drug-likeness (QED) is 0.887. The third-order valence-corrected chi connectivity index (χ3v) is 2.34. The van der Waals surface area contributed by atoms with E-state index in [0.717, 1.165) is 0 Å². The normalized spacial score (nSPS) is 13.0. The van der Waals surface area contributed by atoms with Gasteiger partial charge in [-0.05, 0) is 33.8 Å². The van der Waals surface area contributed by atoms with Crippen LogP contribution in [0.15, 0.2) is 18.2 Å². The van der Waals surface area contributed by atoms with Gasteiger partial charge in [-0.1, -0.05) is 23.7 Å². The molecule has 0 heterocycles. The average Bonchev–Trinajstić information content (AvgIpc) is 2.18. The van der Waals surface area contributed by atoms with Crippen molar-refractivity contribution in [3.8, 4) is 0 Å². The molecular weight excluding hydrogens is 257 g/mol. The Kier molecular flexibility index (Phi) is 4.57. The molecule has 0 fully saturated rings. The summed E-state index contributed by atoms with van der Waals surface area (Å²) in [6, 6.07) is 3.77. The van der Waals surface area contributed by atoms with E-state index in [1.807, 2.05) is 0 Å². The van der Waals surface area contributed by atoms with E-state index in [-0.39, 0.29) is 10.6 Å². The summed E-state index contributed by atoms with van der Waals surface area (Å²) in [5, 5.41) is 2.44. The van der Waals surface area contributed by atoms with Gasteiger partial charge in [-0.3, -0.25) is 0 Å². The van der Waals surface area contributed by atoms with Crippen LogP contribution >= 0.6 is 11.6 Å². The van der Waals surface area contributed by atoms with Crippen LogP contribution < -0.4 is 5.32 Å². The highest BCUT2D eigenvalue weighted by atomic mass is 35.5. The summed E-state index contributed by atoms with van der Waals surface area (Å²) in [4.78, 5) is 11.5. The average molecular weight is 273 g/mol. The standard InChI is InChI=1S/C13H16ClFNO2/c1-8(16-12(17)18-13(2,3)4)9-6-5-7-10(14)11(9)15/h5-8H,1H2,2-4H3,(H,16,17)/t8-/m0/s1. The molecule has 0 aromatic heterocycles. The Morgan fingerprint density at radius 1 is 1.50 bits per heavy atom. The number of hydrogen-bond acceptors (Lipinski definition) is 2. The maximum absolute atomic E-state index is 13.7. The Morgan fingerprint density at radius 2 is 2.11 bits per heavy atom. The number of benzene rings is 1. The molecule has 1 N–H and O–H groups in total. The van der Waals surface area contributed by atoms with Crippen LogP contribution in [0, 0.1) is 12.7 Å². The second kappa shape index (κ2) is 5.57. The molecule has 3 nitrogen and oxygen atoms in total. The lowest BCUT2D eigenvalue weighted by Gasteiger charge is -2.22. The van der Waals surface area contributed by atoms with Gasteiger partial charge in [-0.15, -0.1) is 0 Å². The number of carbonyl (C=O) groups excluding carboxylic acids is 1. The van der Waals surface area contributed by atoms with Crippen molar-refractivity contribution in [1.29, 1.82) is 0 Å². The highest BCUT2D eigenvalue weighted by molar-refractivity contribution is 6.30. The van der Waals surface area contributed by atoms with Crippen molar-refractivity contribution in [2.45, 2.75) is 32.4 Å². The van der Waals surface area contributed by atoms with Gasteiger partial charge in [0.2, 0.25) is 0 Å². The van der Waals surface area contributed by atoms with E-state index in [1.165, 1.54) is 12.1 Å². The molecule has 1 rings (SSSR count). The van der Waals surface area contributed by atoms with Crippen molar-refractivity contribution in [3.63, 3.8) is 0 Å². The third kappa shape index (κ3) is 4.18. The fraction of sp³-hybridized carbons (Fsp3) is 0.385. The van der Waals surface area contributed by atoms with Gasteiger partial charge in [-0.25, -0.2) is 9.18 Å². The minimum atomic E-state index is -0.765. The monoisotopic (exact) mass is 272 g/mol. The minimum Gasteiger partial charge on any atom is -0.444 e. The number of rotatable bonds is 2. The number of ether oxygens (including phenoxy) is 1. The SMILES string of the molecule is [CH2][C@H](NC(=O)OC(C)(C)C)c1cccc(Cl)c1F. The summed E-state index contributed by atoms with van der Waals surface area (Å²) < 4.78 is 18.7. The minimum absolute atomic E-state index is 0.00728. The predicted octanol–water partition coefficient (Wildman–Crippen LogP) is 3.88. The van der Waals surface area contributed by atoms with E-state index in [0.29, 0.717) is 0 Å². The van der Waals surface area contributed by atoms with Gasteiger partial charge in [0.05, 0.1) is 11.1 Å². The first kappa shape index (κ1) is 14.8. The zero-order valence-corrected chi connectivity index (χ0v) is 11.3. The molecule has 0 saturated carbocycles. The Labute approximate surface area is 111 Å². The first-order valence-electron chi connectivity index (χ1n) is 5.47. The summed E-state index contributed by atoms with van der Waals surface area (Å²) in [6.45, 7) is 8.89. The lowest BCUT2D eigenvalue weighted by Crippen LogP contribution is -2.34. The van der Waals surface area contributed by atoms with Crippen molar-refractivity contribution < 1.29 is 13.9 Å². The van der Waals surface area contributed by atoms with Gasteiger partial charge in [-0.2, -0.15) is 0 Å². The second-order valence-electron chi connectivity index (χ2n) is 4.84. The third-order valence-electron chi connectivity index (χ3n) is 2.05. The number of amides is 1. The molecule has 0 aliphatic rings. The predicted molar refractivity (Wildman–Crippen MR) is 68.9 cm³/mol. The van der Waals surface area contributed by atoms with Crippen LogP contribution in [0.5, 0.6) is 0 Å². The number of alkyl carbamates (subject to hydrolysis) is 1. The Morgan fingerprint density at radius 3 is 2.67 bits per heavy atom. The van der Waals surface area contributed by atoms with Gasteiger partial charge in [0.25, 0.3) is 0 Å². The summed E-state index contributed by atoms with van der Waals surface area (Å²) in [5.41, 5.74) is -0.398. The summed E-state index contributed by atoms with van der Waals surface area (Å²) >= 11 is 5.65. The van der Waals surface area contributed by atoms with Crippen LogP contribution in [-0.4, -0.2) is 11.7 Å². The Bertz CT molecular complexity index is 443. The largest absolute Gasteiger partial charge is 0.444 e. The molecule has 1 atom stereocenters. The van der Waals surface area contributed by atoms with E-state index in [9.17, 15) is 9.18 Å². The molecule has 1 radical (unpaired) electrons. The molecule has 0 bridgehead atoms. The van der Waals surface area contributed by atoms with E-state index >= 15 is 0 Å². The van der Waals surface area contributed by atoms with E-state index in [4.69, 9.17) is 16.3 Å². The van der Waals surface area contributed by atoms with Crippen molar-refractivity contribution in [1.82, 2.24) is 5.32 Å². The first-order chi connectivity index (χ1) is 8.20. The van der Waals surface area contributed by atoms with Gasteiger partial charge in [0.1, 0.15) is 11.4 Å². The van der Waals surface area contributed by atoms with E-state index in [2.05, 4.69) is 12.2 Å². The second-order valence-corrected chi connectivity index (χ2v) is 5.25. The molecule has 0 unspecified atom stereocenters. The fourth-order valence-corrected chi connectivity index (χ4v) is 1.50. The maximum atomic E-state index is 13.7. The van der Waals surface area contributed by atoms with Crippen LogP contribution in [0.25, 0.3) is 0 Å². The fourth-order valence-electron chi connectivity index (χ4n) is 1.32.